The van der Waals surface area contributed by atoms with E-state index in [-0.39, 0.29) is 23.9 Å². The lowest BCUT2D eigenvalue weighted by atomic mass is 10.2. The van der Waals surface area contributed by atoms with E-state index in [0.717, 1.165) is 5.56 Å². The highest BCUT2D eigenvalue weighted by Crippen LogP contribution is 2.27. The fourth-order valence-corrected chi connectivity index (χ4v) is 2.28. The summed E-state index contributed by atoms with van der Waals surface area (Å²) < 4.78 is 5.28. The summed E-state index contributed by atoms with van der Waals surface area (Å²) in [5.74, 6) is -0.809. The van der Waals surface area contributed by atoms with E-state index in [1.807, 2.05) is 19.1 Å². The van der Waals surface area contributed by atoms with Crippen LogP contribution in [-0.2, 0) is 9.59 Å². The Hall–Kier alpha value is -3.42. The van der Waals surface area contributed by atoms with E-state index in [4.69, 9.17) is 4.74 Å². The Kier molecular flexibility index (Phi) is 6.48. The van der Waals surface area contributed by atoms with Crippen LogP contribution in [0.1, 0.15) is 11.1 Å². The Labute approximate surface area is 156 Å². The van der Waals surface area contributed by atoms with Crippen LogP contribution in [0, 0.1) is 24.0 Å². The van der Waals surface area contributed by atoms with Gasteiger partial charge in [-0.3, -0.25) is 19.7 Å². The first kappa shape index (κ1) is 19.9. The van der Waals surface area contributed by atoms with E-state index in [1.54, 1.807) is 25.1 Å². The van der Waals surface area contributed by atoms with Crippen molar-refractivity contribution in [2.45, 2.75) is 13.8 Å². The molecule has 0 atom stereocenters. The van der Waals surface area contributed by atoms with Crippen molar-refractivity contribution < 1.29 is 19.2 Å². The normalized spacial score (nSPS) is 10.2. The lowest BCUT2D eigenvalue weighted by Crippen LogP contribution is -2.37. The number of hydrogen-bond acceptors (Lipinski definition) is 5. The highest BCUT2D eigenvalue weighted by Gasteiger charge is 2.18. The molecule has 0 saturated carbocycles. The van der Waals surface area contributed by atoms with E-state index in [2.05, 4.69) is 5.32 Å². The molecule has 1 N–H and O–H groups in total. The van der Waals surface area contributed by atoms with Crippen molar-refractivity contribution in [2.24, 2.45) is 0 Å². The maximum atomic E-state index is 12.1. The number of nitro groups is 1. The molecule has 2 amide bonds. The van der Waals surface area contributed by atoms with Crippen LogP contribution in [0.25, 0.3) is 0 Å². The summed E-state index contributed by atoms with van der Waals surface area (Å²) in [6.45, 7) is 3.10. The molecule has 0 unspecified atom stereocenters. The molecule has 0 aliphatic heterocycles. The van der Waals surface area contributed by atoms with E-state index in [9.17, 15) is 19.7 Å². The number of nitrogens with one attached hydrogen (secondary N) is 1. The van der Waals surface area contributed by atoms with Crippen LogP contribution in [0.15, 0.2) is 42.5 Å². The molecular formula is C19H21N3O5. The van der Waals surface area contributed by atoms with E-state index < -0.39 is 17.4 Å². The number of nitrogens with zero attached hydrogens (tertiary/aromatic N) is 2. The Morgan fingerprint density at radius 1 is 1.11 bits per heavy atom. The molecule has 8 nitrogen and oxygen atoms in total. The lowest BCUT2D eigenvalue weighted by molar-refractivity contribution is -0.385. The van der Waals surface area contributed by atoms with Crippen LogP contribution in [0.4, 0.5) is 11.4 Å². The summed E-state index contributed by atoms with van der Waals surface area (Å²) in [6.07, 6.45) is 0. The molecule has 0 bridgehead atoms. The van der Waals surface area contributed by atoms with Gasteiger partial charge < -0.3 is 15.0 Å². The van der Waals surface area contributed by atoms with E-state index >= 15 is 0 Å². The Morgan fingerprint density at radius 3 is 2.37 bits per heavy atom. The number of aryl methyl sites for hydroxylation is 2. The van der Waals surface area contributed by atoms with Gasteiger partial charge in [0.15, 0.2) is 12.4 Å². The first-order valence-corrected chi connectivity index (χ1v) is 8.24. The molecule has 2 aromatic rings. The van der Waals surface area contributed by atoms with Crippen LogP contribution in [0.3, 0.4) is 0 Å². The number of likely N-dealkylation sites (N-methyl/N-ethyl adjacent to an activating group) is 1. The Bertz CT molecular complexity index is 849. The standard InChI is InChI=1S/C19H21N3O5/c1-13-4-7-15(8-5-13)20-18(23)11-21(3)19(24)12-27-17-9-6-14(2)10-16(17)22(25)26/h4-10H,11-12H2,1-3H3,(H,20,23). The molecule has 0 aromatic heterocycles. The first-order valence-electron chi connectivity index (χ1n) is 8.24. The number of carbonyl (C=O) groups is 2. The molecule has 0 fully saturated rings. The third-order valence-electron chi connectivity index (χ3n) is 3.80. The number of nitro benzene ring substituents is 1. The fourth-order valence-electron chi connectivity index (χ4n) is 2.28. The van der Waals surface area contributed by atoms with Crippen LogP contribution in [0.5, 0.6) is 5.75 Å². The third kappa shape index (κ3) is 5.81. The van der Waals surface area contributed by atoms with E-state index in [0.29, 0.717) is 11.3 Å². The van der Waals surface area contributed by atoms with Crippen molar-refractivity contribution in [1.29, 1.82) is 0 Å². The maximum Gasteiger partial charge on any atom is 0.311 e. The Morgan fingerprint density at radius 2 is 1.74 bits per heavy atom. The average molecular weight is 371 g/mol. The summed E-state index contributed by atoms with van der Waals surface area (Å²) in [6, 6.07) is 11.8. The number of anilines is 1. The van der Waals surface area contributed by atoms with E-state index in [1.165, 1.54) is 24.1 Å². The SMILES string of the molecule is Cc1ccc(NC(=O)CN(C)C(=O)COc2ccc(C)cc2[N+](=O)[O-])cc1. The van der Waals surface area contributed by atoms with Gasteiger partial charge in [0, 0.05) is 18.8 Å². The van der Waals surface area contributed by atoms with Gasteiger partial charge in [-0.25, -0.2) is 0 Å². The van der Waals surface area contributed by atoms with Crippen molar-refractivity contribution in [1.82, 2.24) is 4.90 Å². The molecule has 2 aromatic carbocycles. The van der Waals surface area contributed by atoms with Crippen molar-refractivity contribution >= 4 is 23.2 Å². The molecule has 8 heteroatoms. The largest absolute Gasteiger partial charge is 0.477 e. The zero-order valence-electron chi connectivity index (χ0n) is 15.4. The summed E-state index contributed by atoms with van der Waals surface area (Å²) >= 11 is 0. The third-order valence-corrected chi connectivity index (χ3v) is 3.80. The van der Waals surface area contributed by atoms with Crippen molar-refractivity contribution in [3.05, 3.63) is 63.7 Å². The zero-order chi connectivity index (χ0) is 20.0. The highest BCUT2D eigenvalue weighted by molar-refractivity contribution is 5.94. The molecule has 142 valence electrons. The maximum absolute atomic E-state index is 12.1. The van der Waals surface area contributed by atoms with Gasteiger partial charge in [-0.05, 0) is 37.6 Å². The summed E-state index contributed by atoms with van der Waals surface area (Å²) in [7, 11) is 1.46. The van der Waals surface area contributed by atoms with Gasteiger partial charge in [0.2, 0.25) is 5.91 Å². The number of benzene rings is 2. The summed E-state index contributed by atoms with van der Waals surface area (Å²) in [5, 5.41) is 13.8. The van der Waals surface area contributed by atoms with Crippen LogP contribution < -0.4 is 10.1 Å². The number of ether oxygens (including phenoxy) is 1. The van der Waals surface area contributed by atoms with Gasteiger partial charge >= 0.3 is 5.69 Å². The van der Waals surface area contributed by atoms with Gasteiger partial charge in [0.1, 0.15) is 0 Å². The monoisotopic (exact) mass is 371 g/mol. The molecule has 0 saturated heterocycles. The smallest absolute Gasteiger partial charge is 0.311 e. The number of hydrogen-bond donors (Lipinski definition) is 1. The molecule has 0 aliphatic rings. The molecule has 0 radical (unpaired) electrons. The van der Waals surface area contributed by atoms with Crippen molar-refractivity contribution in [3.63, 3.8) is 0 Å². The second kappa shape index (κ2) is 8.79. The topological polar surface area (TPSA) is 102 Å². The molecule has 2 rings (SSSR count). The fraction of sp³-hybridized carbons (Fsp3) is 0.263. The number of amides is 2. The van der Waals surface area contributed by atoms with Crippen LogP contribution in [-0.4, -0.2) is 41.8 Å². The number of rotatable bonds is 7. The minimum atomic E-state index is -0.564. The molecule has 0 spiro atoms. The quantitative estimate of drug-likeness (QED) is 0.595. The Balaban J connectivity index is 1.89. The average Bonchev–Trinajstić information content (AvgIpc) is 2.62. The summed E-state index contributed by atoms with van der Waals surface area (Å²) in [4.78, 5) is 35.9. The number of carbonyl (C=O) groups excluding carboxylic acids is 2. The predicted molar refractivity (Wildman–Crippen MR) is 101 cm³/mol. The minimum absolute atomic E-state index is 0.0106. The van der Waals surface area contributed by atoms with Crippen molar-refractivity contribution in [2.75, 3.05) is 25.5 Å². The zero-order valence-corrected chi connectivity index (χ0v) is 15.4. The highest BCUT2D eigenvalue weighted by atomic mass is 16.6. The van der Waals surface area contributed by atoms with Crippen molar-refractivity contribution in [3.8, 4) is 5.75 Å². The van der Waals surface area contributed by atoms with Gasteiger partial charge in [-0.15, -0.1) is 0 Å². The van der Waals surface area contributed by atoms with Gasteiger partial charge in [-0.1, -0.05) is 23.8 Å². The van der Waals surface area contributed by atoms with Gasteiger partial charge in [0.25, 0.3) is 5.91 Å². The first-order chi connectivity index (χ1) is 12.8. The lowest BCUT2D eigenvalue weighted by Gasteiger charge is -2.17. The molecule has 0 aliphatic carbocycles. The van der Waals surface area contributed by atoms with Gasteiger partial charge in [0.05, 0.1) is 11.5 Å². The molecule has 27 heavy (non-hydrogen) atoms. The second-order valence-electron chi connectivity index (χ2n) is 6.18. The van der Waals surface area contributed by atoms with Crippen LogP contribution in [0.2, 0.25) is 0 Å². The minimum Gasteiger partial charge on any atom is -0.477 e. The van der Waals surface area contributed by atoms with Crippen LogP contribution >= 0.6 is 0 Å². The molecule has 0 heterocycles. The molecular weight excluding hydrogens is 350 g/mol. The summed E-state index contributed by atoms with van der Waals surface area (Å²) in [5.41, 5.74) is 2.22. The van der Waals surface area contributed by atoms with Gasteiger partial charge in [-0.2, -0.15) is 0 Å². The predicted octanol–water partition coefficient (Wildman–Crippen LogP) is 2.69. The second-order valence-corrected chi connectivity index (χ2v) is 6.18.